The number of methoxy groups -OCH3 is 1. The SMILES string of the molecule is COc1ncc(C(=O)N[C@H]2C[C@@H](O)[C@@H]2n2cccn2)cc1Cl. The smallest absolute Gasteiger partial charge is 0.253 e. The molecular weight excluding hydrogens is 308 g/mol. The molecule has 0 saturated heterocycles. The summed E-state index contributed by atoms with van der Waals surface area (Å²) in [5.74, 6) is -0.0298. The number of hydrogen-bond donors (Lipinski definition) is 2. The number of aromatic nitrogens is 3. The van der Waals surface area contributed by atoms with Gasteiger partial charge in [-0.3, -0.25) is 9.48 Å². The molecule has 2 N–H and O–H groups in total. The number of carbonyl (C=O) groups is 1. The maximum atomic E-state index is 12.3. The van der Waals surface area contributed by atoms with E-state index in [1.807, 2.05) is 0 Å². The van der Waals surface area contributed by atoms with Crippen molar-refractivity contribution in [2.24, 2.45) is 0 Å². The fraction of sp³-hybridized carbons (Fsp3) is 0.357. The molecule has 1 aliphatic carbocycles. The molecule has 1 amide bonds. The summed E-state index contributed by atoms with van der Waals surface area (Å²) in [6.07, 6.45) is 4.75. The lowest BCUT2D eigenvalue weighted by Crippen LogP contribution is -2.56. The Morgan fingerprint density at radius 2 is 2.41 bits per heavy atom. The van der Waals surface area contributed by atoms with Crippen LogP contribution in [-0.4, -0.2) is 45.0 Å². The van der Waals surface area contributed by atoms with E-state index in [0.29, 0.717) is 12.0 Å². The lowest BCUT2D eigenvalue weighted by Gasteiger charge is -2.41. The molecule has 2 heterocycles. The van der Waals surface area contributed by atoms with Crippen LogP contribution in [-0.2, 0) is 0 Å². The predicted molar refractivity (Wildman–Crippen MR) is 78.9 cm³/mol. The lowest BCUT2D eigenvalue weighted by molar-refractivity contribution is -0.00588. The number of nitrogens with one attached hydrogen (secondary N) is 1. The molecule has 3 atom stereocenters. The van der Waals surface area contributed by atoms with E-state index >= 15 is 0 Å². The fourth-order valence-electron chi connectivity index (χ4n) is 2.52. The molecule has 22 heavy (non-hydrogen) atoms. The summed E-state index contributed by atoms with van der Waals surface area (Å²) in [5.41, 5.74) is 0.339. The predicted octanol–water partition coefficient (Wildman–Crippen LogP) is 1.04. The number of rotatable bonds is 4. The molecule has 3 rings (SSSR count). The van der Waals surface area contributed by atoms with E-state index in [1.165, 1.54) is 19.4 Å². The second-order valence-electron chi connectivity index (χ2n) is 5.07. The van der Waals surface area contributed by atoms with Gasteiger partial charge in [-0.1, -0.05) is 11.6 Å². The van der Waals surface area contributed by atoms with Crippen LogP contribution in [0.2, 0.25) is 5.02 Å². The van der Waals surface area contributed by atoms with Crippen molar-refractivity contribution in [2.45, 2.75) is 24.6 Å². The van der Waals surface area contributed by atoms with E-state index < -0.39 is 6.10 Å². The second-order valence-corrected chi connectivity index (χ2v) is 5.48. The van der Waals surface area contributed by atoms with Gasteiger partial charge in [-0.05, 0) is 18.6 Å². The number of ether oxygens (including phenoxy) is 1. The first-order chi connectivity index (χ1) is 10.6. The van der Waals surface area contributed by atoms with Gasteiger partial charge in [0.05, 0.1) is 30.9 Å². The van der Waals surface area contributed by atoms with E-state index in [-0.39, 0.29) is 28.9 Å². The third kappa shape index (κ3) is 2.65. The first-order valence-electron chi connectivity index (χ1n) is 6.77. The number of pyridine rings is 1. The van der Waals surface area contributed by atoms with Crippen molar-refractivity contribution >= 4 is 17.5 Å². The van der Waals surface area contributed by atoms with Gasteiger partial charge in [-0.25, -0.2) is 4.98 Å². The average Bonchev–Trinajstić information content (AvgIpc) is 2.99. The van der Waals surface area contributed by atoms with Gasteiger partial charge in [-0.2, -0.15) is 5.10 Å². The first kappa shape index (κ1) is 14.8. The minimum Gasteiger partial charge on any atom is -0.480 e. The van der Waals surface area contributed by atoms with Crippen LogP contribution in [0.3, 0.4) is 0 Å². The number of amides is 1. The molecule has 0 unspecified atom stereocenters. The van der Waals surface area contributed by atoms with Crippen molar-refractivity contribution in [3.05, 3.63) is 41.3 Å². The van der Waals surface area contributed by atoms with Crippen LogP contribution in [0.5, 0.6) is 5.88 Å². The Hall–Kier alpha value is -2.12. The van der Waals surface area contributed by atoms with Gasteiger partial charge >= 0.3 is 0 Å². The Balaban J connectivity index is 1.71. The van der Waals surface area contributed by atoms with Crippen molar-refractivity contribution in [1.82, 2.24) is 20.1 Å². The van der Waals surface area contributed by atoms with Crippen molar-refractivity contribution in [3.8, 4) is 5.88 Å². The monoisotopic (exact) mass is 322 g/mol. The zero-order chi connectivity index (χ0) is 15.7. The molecule has 2 aromatic heterocycles. The number of nitrogens with zero attached hydrogens (tertiary/aromatic N) is 3. The Labute approximate surface area is 131 Å². The molecular formula is C14H15ClN4O3. The highest BCUT2D eigenvalue weighted by molar-refractivity contribution is 6.32. The fourth-order valence-corrected chi connectivity index (χ4v) is 2.77. The van der Waals surface area contributed by atoms with E-state index in [4.69, 9.17) is 16.3 Å². The maximum absolute atomic E-state index is 12.3. The Morgan fingerprint density at radius 3 is 3.00 bits per heavy atom. The van der Waals surface area contributed by atoms with E-state index in [2.05, 4.69) is 15.4 Å². The van der Waals surface area contributed by atoms with Crippen molar-refractivity contribution in [3.63, 3.8) is 0 Å². The highest BCUT2D eigenvalue weighted by Crippen LogP contribution is 2.32. The molecule has 1 fully saturated rings. The summed E-state index contributed by atoms with van der Waals surface area (Å²) in [4.78, 5) is 16.2. The van der Waals surface area contributed by atoms with E-state index in [1.54, 1.807) is 23.1 Å². The van der Waals surface area contributed by atoms with Crippen LogP contribution < -0.4 is 10.1 Å². The second kappa shape index (κ2) is 5.94. The molecule has 0 spiro atoms. The van der Waals surface area contributed by atoms with Gasteiger partial charge < -0.3 is 15.2 Å². The lowest BCUT2D eigenvalue weighted by atomic mass is 9.83. The molecule has 0 aromatic carbocycles. The van der Waals surface area contributed by atoms with Crippen LogP contribution in [0.15, 0.2) is 30.7 Å². The maximum Gasteiger partial charge on any atom is 0.253 e. The summed E-state index contributed by atoms with van der Waals surface area (Å²) in [7, 11) is 1.46. The van der Waals surface area contributed by atoms with Crippen LogP contribution >= 0.6 is 11.6 Å². The molecule has 7 nitrogen and oxygen atoms in total. The van der Waals surface area contributed by atoms with Crippen molar-refractivity contribution in [2.75, 3.05) is 7.11 Å². The van der Waals surface area contributed by atoms with E-state index in [0.717, 1.165) is 0 Å². The molecule has 8 heteroatoms. The van der Waals surface area contributed by atoms with Crippen molar-refractivity contribution < 1.29 is 14.6 Å². The third-order valence-corrected chi connectivity index (χ3v) is 3.98. The zero-order valence-corrected chi connectivity index (χ0v) is 12.6. The molecule has 0 radical (unpaired) electrons. The molecule has 116 valence electrons. The molecule has 0 bridgehead atoms. The van der Waals surface area contributed by atoms with Crippen LogP contribution in [0.25, 0.3) is 0 Å². The zero-order valence-electron chi connectivity index (χ0n) is 11.8. The molecule has 2 aromatic rings. The Morgan fingerprint density at radius 1 is 1.59 bits per heavy atom. The molecule has 1 saturated carbocycles. The molecule has 0 aliphatic heterocycles. The minimum atomic E-state index is -0.525. The van der Waals surface area contributed by atoms with Gasteiger partial charge in [0.1, 0.15) is 5.02 Å². The van der Waals surface area contributed by atoms with E-state index in [9.17, 15) is 9.90 Å². The summed E-state index contributed by atoms with van der Waals surface area (Å²) in [6.45, 7) is 0. The highest BCUT2D eigenvalue weighted by atomic mass is 35.5. The Kier molecular flexibility index (Phi) is 4.00. The van der Waals surface area contributed by atoms with Gasteiger partial charge in [0, 0.05) is 18.6 Å². The van der Waals surface area contributed by atoms with Gasteiger partial charge in [0.15, 0.2) is 0 Å². The number of hydrogen-bond acceptors (Lipinski definition) is 5. The average molecular weight is 323 g/mol. The summed E-state index contributed by atoms with van der Waals surface area (Å²) in [6, 6.07) is 2.82. The number of aliphatic hydroxyl groups excluding tert-OH is 1. The van der Waals surface area contributed by atoms with Crippen LogP contribution in [0.1, 0.15) is 22.8 Å². The third-order valence-electron chi connectivity index (χ3n) is 3.71. The summed E-state index contributed by atoms with van der Waals surface area (Å²) in [5, 5.41) is 17.1. The number of carbonyl (C=O) groups excluding carboxylic acids is 1. The summed E-state index contributed by atoms with van der Waals surface area (Å²) >= 11 is 5.97. The van der Waals surface area contributed by atoms with Crippen LogP contribution in [0.4, 0.5) is 0 Å². The highest BCUT2D eigenvalue weighted by Gasteiger charge is 2.42. The van der Waals surface area contributed by atoms with Crippen LogP contribution in [0, 0.1) is 0 Å². The minimum absolute atomic E-state index is 0.191. The standard InChI is InChI=1S/C14H15ClN4O3/c1-22-14-9(15)5-8(7-16-14)13(21)18-10-6-11(20)12(10)19-4-2-3-17-19/h2-5,7,10-12,20H,6H2,1H3,(H,18,21)/t10-,11+,12+/m0/s1. The number of aliphatic hydroxyl groups is 1. The largest absolute Gasteiger partial charge is 0.480 e. The summed E-state index contributed by atoms with van der Waals surface area (Å²) < 4.78 is 6.60. The van der Waals surface area contributed by atoms with Gasteiger partial charge in [0.25, 0.3) is 5.91 Å². The normalized spacial score (nSPS) is 23.7. The Bertz CT molecular complexity index is 677. The van der Waals surface area contributed by atoms with Gasteiger partial charge in [0.2, 0.25) is 5.88 Å². The topological polar surface area (TPSA) is 89.3 Å². The van der Waals surface area contributed by atoms with Gasteiger partial charge in [-0.15, -0.1) is 0 Å². The molecule has 1 aliphatic rings. The van der Waals surface area contributed by atoms with Crippen molar-refractivity contribution in [1.29, 1.82) is 0 Å². The quantitative estimate of drug-likeness (QED) is 0.878. The number of halogens is 1. The first-order valence-corrected chi connectivity index (χ1v) is 7.15.